The Morgan fingerprint density at radius 3 is 2.67 bits per heavy atom. The minimum Gasteiger partial charge on any atom is -0.493 e. The van der Waals surface area contributed by atoms with Gasteiger partial charge in [-0.3, -0.25) is 0 Å². The molecule has 1 aromatic heterocycles. The Hall–Kier alpha value is -2.66. The summed E-state index contributed by atoms with van der Waals surface area (Å²) >= 11 is 0. The van der Waals surface area contributed by atoms with Crippen molar-refractivity contribution < 1.29 is 19.0 Å². The van der Waals surface area contributed by atoms with E-state index in [0.717, 1.165) is 33.9 Å². The van der Waals surface area contributed by atoms with E-state index in [1.807, 2.05) is 55.5 Å². The quantitative estimate of drug-likeness (QED) is 0.687. The topological polar surface area (TPSA) is 63.9 Å². The molecule has 0 amide bonds. The fourth-order valence-electron chi connectivity index (χ4n) is 2.56. The van der Waals surface area contributed by atoms with Gasteiger partial charge in [-0.05, 0) is 43.3 Å². The molecule has 0 aliphatic heterocycles. The van der Waals surface area contributed by atoms with Crippen molar-refractivity contribution in [1.29, 1.82) is 0 Å². The normalized spacial score (nSPS) is 12.1. The van der Waals surface area contributed by atoms with Crippen LogP contribution >= 0.6 is 0 Å². The van der Waals surface area contributed by atoms with Crippen molar-refractivity contribution in [2.45, 2.75) is 13.0 Å². The van der Waals surface area contributed by atoms with E-state index in [9.17, 15) is 0 Å². The molecular formula is C19H21NO4. The summed E-state index contributed by atoms with van der Waals surface area (Å²) in [5, 5.41) is 13.2. The monoisotopic (exact) mass is 327 g/mol. The van der Waals surface area contributed by atoms with Crippen LogP contribution in [0, 0.1) is 0 Å². The van der Waals surface area contributed by atoms with E-state index in [4.69, 9.17) is 19.0 Å². The summed E-state index contributed by atoms with van der Waals surface area (Å²) in [5.41, 5.74) is 1.72. The summed E-state index contributed by atoms with van der Waals surface area (Å²) in [6.45, 7) is 2.34. The number of ether oxygens (including phenoxy) is 2. The van der Waals surface area contributed by atoms with Crippen LogP contribution in [0.3, 0.4) is 0 Å². The van der Waals surface area contributed by atoms with Crippen LogP contribution in [0.1, 0.15) is 18.7 Å². The van der Waals surface area contributed by atoms with Crippen molar-refractivity contribution in [1.82, 2.24) is 0 Å². The van der Waals surface area contributed by atoms with Gasteiger partial charge in [0.25, 0.3) is 0 Å². The number of aliphatic hydroxyl groups excluding tert-OH is 1. The van der Waals surface area contributed by atoms with Gasteiger partial charge in [-0.25, -0.2) is 0 Å². The second-order valence-electron chi connectivity index (χ2n) is 5.49. The predicted molar refractivity (Wildman–Crippen MR) is 93.8 cm³/mol. The molecule has 0 spiro atoms. The molecule has 5 nitrogen and oxygen atoms in total. The van der Waals surface area contributed by atoms with Crippen LogP contribution in [-0.4, -0.2) is 25.4 Å². The average Bonchev–Trinajstić information content (AvgIpc) is 3.05. The number of aliphatic hydroxyl groups is 1. The third kappa shape index (κ3) is 3.46. The Labute approximate surface area is 140 Å². The van der Waals surface area contributed by atoms with Gasteiger partial charge in [-0.1, -0.05) is 12.1 Å². The lowest BCUT2D eigenvalue weighted by Crippen LogP contribution is -2.05. The summed E-state index contributed by atoms with van der Waals surface area (Å²) in [6.07, 6.45) is 0. The molecule has 1 unspecified atom stereocenters. The molecule has 0 radical (unpaired) electrons. The van der Waals surface area contributed by atoms with Gasteiger partial charge in [-0.2, -0.15) is 0 Å². The molecule has 0 fully saturated rings. The summed E-state index contributed by atoms with van der Waals surface area (Å²) in [4.78, 5) is 0. The average molecular weight is 327 g/mol. The number of benzene rings is 2. The number of methoxy groups -OCH3 is 1. The minimum absolute atomic E-state index is 0.00585. The third-order valence-electron chi connectivity index (χ3n) is 3.77. The number of anilines is 1. The van der Waals surface area contributed by atoms with Crippen LogP contribution < -0.4 is 14.8 Å². The Bertz CT molecular complexity index is 795. The van der Waals surface area contributed by atoms with Crippen molar-refractivity contribution in [3.63, 3.8) is 0 Å². The van der Waals surface area contributed by atoms with Gasteiger partial charge in [-0.15, -0.1) is 0 Å². The summed E-state index contributed by atoms with van der Waals surface area (Å²) < 4.78 is 16.7. The van der Waals surface area contributed by atoms with E-state index in [1.165, 1.54) is 0 Å². The van der Waals surface area contributed by atoms with Crippen molar-refractivity contribution in [2.24, 2.45) is 0 Å². The van der Waals surface area contributed by atoms with E-state index >= 15 is 0 Å². The second-order valence-corrected chi connectivity index (χ2v) is 5.49. The molecule has 3 rings (SSSR count). The van der Waals surface area contributed by atoms with Crippen LogP contribution in [0.2, 0.25) is 0 Å². The zero-order valence-corrected chi connectivity index (χ0v) is 13.8. The highest BCUT2D eigenvalue weighted by molar-refractivity contribution is 5.83. The minimum atomic E-state index is 0.00585. The van der Waals surface area contributed by atoms with Crippen LogP contribution in [-0.2, 0) is 0 Å². The van der Waals surface area contributed by atoms with Crippen LogP contribution in [0.15, 0.2) is 52.9 Å². The predicted octanol–water partition coefficient (Wildman–Crippen LogP) is 3.99. The Morgan fingerprint density at radius 1 is 1.17 bits per heavy atom. The third-order valence-corrected chi connectivity index (χ3v) is 3.77. The molecule has 1 atom stereocenters. The molecule has 126 valence electrons. The Balaban J connectivity index is 1.73. The molecule has 24 heavy (non-hydrogen) atoms. The van der Waals surface area contributed by atoms with E-state index in [-0.39, 0.29) is 12.6 Å². The number of hydrogen-bond acceptors (Lipinski definition) is 5. The first-order valence-electron chi connectivity index (χ1n) is 7.88. The molecule has 2 N–H and O–H groups in total. The molecule has 0 saturated carbocycles. The highest BCUT2D eigenvalue weighted by Gasteiger charge is 2.14. The number of furan rings is 1. The van der Waals surface area contributed by atoms with Crippen LogP contribution in [0.25, 0.3) is 11.0 Å². The van der Waals surface area contributed by atoms with Gasteiger partial charge in [0.05, 0.1) is 19.8 Å². The highest BCUT2D eigenvalue weighted by atomic mass is 16.5. The Kier molecular flexibility index (Phi) is 4.91. The van der Waals surface area contributed by atoms with E-state index in [1.54, 1.807) is 7.11 Å². The number of para-hydroxylation sites is 1. The maximum Gasteiger partial charge on any atom is 0.176 e. The fraction of sp³-hybridized carbons (Fsp3) is 0.263. The molecule has 1 heterocycles. The number of nitrogens with one attached hydrogen (secondary N) is 1. The number of hydrogen-bond donors (Lipinski definition) is 2. The maximum absolute atomic E-state index is 8.77. The maximum atomic E-state index is 8.77. The van der Waals surface area contributed by atoms with Gasteiger partial charge in [0.1, 0.15) is 18.1 Å². The first-order valence-corrected chi connectivity index (χ1v) is 7.88. The fourth-order valence-corrected chi connectivity index (χ4v) is 2.56. The number of rotatable bonds is 7. The molecule has 0 aliphatic carbocycles. The second kappa shape index (κ2) is 7.27. The molecule has 2 aromatic carbocycles. The first kappa shape index (κ1) is 16.2. The van der Waals surface area contributed by atoms with Crippen LogP contribution in [0.5, 0.6) is 11.5 Å². The molecular weight excluding hydrogens is 306 g/mol. The standard InChI is InChI=1S/C19H21NO4/c1-13(20-15-6-8-16(9-7-15)23-11-10-21)18-12-14-4-3-5-17(22-2)19(14)24-18/h3-9,12-13,20-21H,10-11H2,1-2H3. The first-order chi connectivity index (χ1) is 11.7. The van der Waals surface area contributed by atoms with Gasteiger partial charge in [0.2, 0.25) is 0 Å². The molecule has 5 heteroatoms. The molecule has 0 bridgehead atoms. The SMILES string of the molecule is COc1cccc2cc(C(C)Nc3ccc(OCCO)cc3)oc12. The molecule has 0 aliphatic rings. The van der Waals surface area contributed by atoms with Gasteiger partial charge in [0.15, 0.2) is 11.3 Å². The summed E-state index contributed by atoms with van der Waals surface area (Å²) in [5.74, 6) is 2.31. The van der Waals surface area contributed by atoms with Gasteiger partial charge in [0, 0.05) is 11.1 Å². The largest absolute Gasteiger partial charge is 0.493 e. The lowest BCUT2D eigenvalue weighted by Gasteiger charge is -2.13. The van der Waals surface area contributed by atoms with E-state index in [2.05, 4.69) is 5.32 Å². The summed E-state index contributed by atoms with van der Waals surface area (Å²) in [7, 11) is 1.64. The highest BCUT2D eigenvalue weighted by Crippen LogP contribution is 2.32. The Morgan fingerprint density at radius 2 is 1.96 bits per heavy atom. The number of fused-ring (bicyclic) bond motifs is 1. The zero-order valence-electron chi connectivity index (χ0n) is 13.8. The zero-order chi connectivity index (χ0) is 16.9. The van der Waals surface area contributed by atoms with Crippen molar-refractivity contribution >= 4 is 16.7 Å². The van der Waals surface area contributed by atoms with Crippen molar-refractivity contribution in [3.8, 4) is 11.5 Å². The van der Waals surface area contributed by atoms with E-state index in [0.29, 0.717) is 6.61 Å². The van der Waals surface area contributed by atoms with Crippen molar-refractivity contribution in [3.05, 3.63) is 54.3 Å². The summed E-state index contributed by atoms with van der Waals surface area (Å²) in [6, 6.07) is 15.5. The van der Waals surface area contributed by atoms with Crippen LogP contribution in [0.4, 0.5) is 5.69 Å². The smallest absolute Gasteiger partial charge is 0.176 e. The lowest BCUT2D eigenvalue weighted by molar-refractivity contribution is 0.201. The van der Waals surface area contributed by atoms with Gasteiger partial charge >= 0.3 is 0 Å². The van der Waals surface area contributed by atoms with Crippen molar-refractivity contribution in [2.75, 3.05) is 25.6 Å². The van der Waals surface area contributed by atoms with E-state index < -0.39 is 0 Å². The van der Waals surface area contributed by atoms with Gasteiger partial charge < -0.3 is 24.3 Å². The molecule has 3 aromatic rings. The molecule has 0 saturated heterocycles. The lowest BCUT2D eigenvalue weighted by atomic mass is 10.2.